The van der Waals surface area contributed by atoms with E-state index >= 15 is 0 Å². The van der Waals surface area contributed by atoms with Crippen molar-refractivity contribution in [2.75, 3.05) is 5.32 Å². The molecule has 0 saturated carbocycles. The highest BCUT2D eigenvalue weighted by atomic mass is 32.1. The molecule has 0 unspecified atom stereocenters. The zero-order valence-corrected chi connectivity index (χ0v) is 18.7. The van der Waals surface area contributed by atoms with Gasteiger partial charge in [0.15, 0.2) is 0 Å². The van der Waals surface area contributed by atoms with Crippen molar-refractivity contribution >= 4 is 28.6 Å². The predicted molar refractivity (Wildman–Crippen MR) is 122 cm³/mol. The lowest BCUT2D eigenvalue weighted by Crippen LogP contribution is -2.12. The highest BCUT2D eigenvalue weighted by Crippen LogP contribution is 2.23. The minimum absolute atomic E-state index is 0.0632. The van der Waals surface area contributed by atoms with Crippen molar-refractivity contribution in [2.45, 2.75) is 33.9 Å². The lowest BCUT2D eigenvalue weighted by molar-refractivity contribution is -0.385. The van der Waals surface area contributed by atoms with Crippen molar-refractivity contribution in [3.8, 4) is 0 Å². The Balaban J connectivity index is 1.45. The topological polar surface area (TPSA) is 108 Å². The molecule has 4 rings (SSSR count). The van der Waals surface area contributed by atoms with Gasteiger partial charge in [-0.2, -0.15) is 10.2 Å². The molecule has 1 N–H and O–H groups in total. The fraction of sp³-hybridized carbons (Fsp3) is 0.227. The van der Waals surface area contributed by atoms with Crippen LogP contribution in [0.1, 0.15) is 37.7 Å². The minimum Gasteiger partial charge on any atom is -0.318 e. The van der Waals surface area contributed by atoms with Crippen LogP contribution >= 0.6 is 11.3 Å². The SMILES string of the molecule is Cc1ccc(Cn2nc(C)c(NC(=O)c3cc(Cn4cc([N+](=O)[O-])cn4)cs3)c2C)cc1. The summed E-state index contributed by atoms with van der Waals surface area (Å²) >= 11 is 1.32. The van der Waals surface area contributed by atoms with Gasteiger partial charge in [-0.1, -0.05) is 29.8 Å². The Bertz CT molecular complexity index is 1290. The molecule has 1 aromatic carbocycles. The molecule has 164 valence electrons. The van der Waals surface area contributed by atoms with E-state index in [0.29, 0.717) is 23.7 Å². The molecule has 0 aliphatic heterocycles. The van der Waals surface area contributed by atoms with Crippen LogP contribution in [0, 0.1) is 30.9 Å². The second-order valence-corrected chi connectivity index (χ2v) is 8.53. The highest BCUT2D eigenvalue weighted by Gasteiger charge is 2.17. The number of nitrogens with zero attached hydrogens (tertiary/aromatic N) is 5. The van der Waals surface area contributed by atoms with Crippen LogP contribution < -0.4 is 5.32 Å². The van der Waals surface area contributed by atoms with Crippen LogP contribution in [0.25, 0.3) is 0 Å². The first-order valence-electron chi connectivity index (χ1n) is 9.95. The standard InChI is InChI=1S/C22H22N6O3S/c1-14-4-6-17(7-5-14)11-27-16(3)21(15(2)25-27)24-22(29)20-8-18(13-32-20)10-26-12-19(9-23-26)28(30)31/h4-9,12-13H,10-11H2,1-3H3,(H,24,29). The molecule has 0 aliphatic carbocycles. The summed E-state index contributed by atoms with van der Waals surface area (Å²) in [5, 5.41) is 24.2. The monoisotopic (exact) mass is 450 g/mol. The van der Waals surface area contributed by atoms with Gasteiger partial charge in [-0.15, -0.1) is 11.3 Å². The molecular weight excluding hydrogens is 428 g/mol. The Morgan fingerprint density at radius 1 is 1.16 bits per heavy atom. The number of rotatable bonds is 7. The fourth-order valence-electron chi connectivity index (χ4n) is 3.37. The maximum Gasteiger partial charge on any atom is 0.307 e. The number of nitro groups is 1. The molecule has 0 saturated heterocycles. The Morgan fingerprint density at radius 3 is 2.59 bits per heavy atom. The number of carbonyl (C=O) groups excluding carboxylic acids is 1. The smallest absolute Gasteiger partial charge is 0.307 e. The number of amides is 1. The van der Waals surface area contributed by atoms with Gasteiger partial charge >= 0.3 is 5.69 Å². The zero-order valence-electron chi connectivity index (χ0n) is 17.9. The molecule has 3 aromatic heterocycles. The van der Waals surface area contributed by atoms with Gasteiger partial charge in [-0.05, 0) is 43.3 Å². The number of benzene rings is 1. The van der Waals surface area contributed by atoms with E-state index in [9.17, 15) is 14.9 Å². The van der Waals surface area contributed by atoms with Crippen molar-refractivity contribution in [3.63, 3.8) is 0 Å². The minimum atomic E-state index is -0.486. The largest absolute Gasteiger partial charge is 0.318 e. The van der Waals surface area contributed by atoms with Crippen molar-refractivity contribution in [1.29, 1.82) is 0 Å². The molecule has 10 heteroatoms. The molecule has 0 spiro atoms. The molecule has 1 amide bonds. The quantitative estimate of drug-likeness (QED) is 0.333. The number of anilines is 1. The summed E-state index contributed by atoms with van der Waals surface area (Å²) in [5.41, 5.74) is 5.48. The van der Waals surface area contributed by atoms with Gasteiger partial charge in [0, 0.05) is 0 Å². The summed E-state index contributed by atoms with van der Waals surface area (Å²) in [4.78, 5) is 23.7. The van der Waals surface area contributed by atoms with E-state index in [4.69, 9.17) is 0 Å². The molecule has 0 radical (unpaired) electrons. The average molecular weight is 451 g/mol. The van der Waals surface area contributed by atoms with Crippen LogP contribution in [0.3, 0.4) is 0 Å². The van der Waals surface area contributed by atoms with Crippen molar-refractivity contribution in [3.05, 3.63) is 91.2 Å². The van der Waals surface area contributed by atoms with E-state index in [1.807, 2.05) is 23.9 Å². The number of hydrogen-bond donors (Lipinski definition) is 1. The third kappa shape index (κ3) is 4.59. The van der Waals surface area contributed by atoms with Crippen molar-refractivity contribution in [1.82, 2.24) is 19.6 Å². The highest BCUT2D eigenvalue weighted by molar-refractivity contribution is 7.12. The Morgan fingerprint density at radius 2 is 1.91 bits per heavy atom. The van der Waals surface area contributed by atoms with E-state index in [-0.39, 0.29) is 11.6 Å². The van der Waals surface area contributed by atoms with Crippen LogP contribution in [-0.2, 0) is 13.1 Å². The molecule has 3 heterocycles. The molecular formula is C22H22N6O3S. The summed E-state index contributed by atoms with van der Waals surface area (Å²) < 4.78 is 3.37. The Kier molecular flexibility index (Phi) is 5.87. The van der Waals surface area contributed by atoms with E-state index in [0.717, 1.165) is 22.5 Å². The second kappa shape index (κ2) is 8.75. The van der Waals surface area contributed by atoms with Crippen molar-refractivity contribution in [2.24, 2.45) is 0 Å². The van der Waals surface area contributed by atoms with Crippen LogP contribution in [-0.4, -0.2) is 30.4 Å². The number of carbonyl (C=O) groups is 1. The molecule has 32 heavy (non-hydrogen) atoms. The summed E-state index contributed by atoms with van der Waals surface area (Å²) in [6.45, 7) is 6.84. The van der Waals surface area contributed by atoms with Crippen LogP contribution in [0.4, 0.5) is 11.4 Å². The Labute approximate surface area is 188 Å². The number of aromatic nitrogens is 4. The first-order chi connectivity index (χ1) is 15.3. The van der Waals surface area contributed by atoms with E-state index in [2.05, 4.69) is 46.7 Å². The summed E-state index contributed by atoms with van der Waals surface area (Å²) in [5.74, 6) is -0.214. The molecule has 0 fully saturated rings. The maximum atomic E-state index is 12.8. The van der Waals surface area contributed by atoms with Crippen LogP contribution in [0.5, 0.6) is 0 Å². The normalized spacial score (nSPS) is 11.0. The van der Waals surface area contributed by atoms with Gasteiger partial charge in [0.2, 0.25) is 0 Å². The van der Waals surface area contributed by atoms with E-state index in [1.54, 1.807) is 6.07 Å². The van der Waals surface area contributed by atoms with Gasteiger partial charge in [-0.3, -0.25) is 24.3 Å². The third-order valence-corrected chi connectivity index (χ3v) is 6.10. The molecule has 0 atom stereocenters. The van der Waals surface area contributed by atoms with E-state index < -0.39 is 4.92 Å². The maximum absolute atomic E-state index is 12.8. The number of nitrogens with one attached hydrogen (secondary N) is 1. The number of thiophene rings is 1. The molecule has 4 aromatic rings. The fourth-order valence-corrected chi connectivity index (χ4v) is 4.17. The van der Waals surface area contributed by atoms with Crippen molar-refractivity contribution < 1.29 is 9.72 Å². The summed E-state index contributed by atoms with van der Waals surface area (Å²) in [6.07, 6.45) is 2.58. The lowest BCUT2D eigenvalue weighted by Gasteiger charge is -2.07. The predicted octanol–water partition coefficient (Wildman–Crippen LogP) is 4.32. The number of aryl methyl sites for hydroxylation is 2. The lowest BCUT2D eigenvalue weighted by atomic mass is 10.1. The summed E-state index contributed by atoms with van der Waals surface area (Å²) in [7, 11) is 0. The number of hydrogen-bond acceptors (Lipinski definition) is 6. The molecule has 9 nitrogen and oxygen atoms in total. The summed E-state index contributed by atoms with van der Waals surface area (Å²) in [6, 6.07) is 10.1. The molecule has 0 aliphatic rings. The van der Waals surface area contributed by atoms with Gasteiger partial charge < -0.3 is 5.32 Å². The molecule has 0 bridgehead atoms. The first-order valence-corrected chi connectivity index (χ1v) is 10.8. The zero-order chi connectivity index (χ0) is 22.8. The van der Waals surface area contributed by atoms with Gasteiger partial charge in [0.1, 0.15) is 12.4 Å². The van der Waals surface area contributed by atoms with Gasteiger partial charge in [-0.25, -0.2) is 0 Å². The third-order valence-electron chi connectivity index (χ3n) is 5.13. The van der Waals surface area contributed by atoms with Gasteiger partial charge in [0.05, 0.1) is 40.0 Å². The first kappa shape index (κ1) is 21.4. The second-order valence-electron chi connectivity index (χ2n) is 7.62. The average Bonchev–Trinajstić information content (AvgIpc) is 3.47. The Hall–Kier alpha value is -3.79. The van der Waals surface area contributed by atoms with Crippen LogP contribution in [0.15, 0.2) is 48.1 Å². The van der Waals surface area contributed by atoms with E-state index in [1.165, 1.54) is 34.0 Å². The van der Waals surface area contributed by atoms with Crippen LogP contribution in [0.2, 0.25) is 0 Å². The van der Waals surface area contributed by atoms with Gasteiger partial charge in [0.25, 0.3) is 5.91 Å².